The van der Waals surface area contributed by atoms with Crippen molar-refractivity contribution in [3.63, 3.8) is 0 Å². The van der Waals surface area contributed by atoms with E-state index in [9.17, 15) is 4.79 Å². The highest BCUT2D eigenvalue weighted by Gasteiger charge is 2.08. The van der Waals surface area contributed by atoms with Crippen LogP contribution in [0.2, 0.25) is 0 Å². The summed E-state index contributed by atoms with van der Waals surface area (Å²) in [5.41, 5.74) is 5.76. The minimum atomic E-state index is 0.228. The van der Waals surface area contributed by atoms with Gasteiger partial charge in [0.25, 0.3) is 0 Å². The first kappa shape index (κ1) is 12.4. The molecule has 0 fully saturated rings. The molecule has 0 aliphatic heterocycles. The molecule has 0 heterocycles. The minimum absolute atomic E-state index is 0.228. The van der Waals surface area contributed by atoms with Crippen LogP contribution in [0, 0.1) is 0 Å². The Bertz CT molecular complexity index is 148. The van der Waals surface area contributed by atoms with Crippen LogP contribution in [0.4, 0.5) is 0 Å². The van der Waals surface area contributed by atoms with Crippen molar-refractivity contribution in [3.8, 4) is 0 Å². The van der Waals surface area contributed by atoms with Gasteiger partial charge in [-0.1, -0.05) is 13.8 Å². The first-order valence-corrected chi connectivity index (χ1v) is 5.11. The van der Waals surface area contributed by atoms with Crippen molar-refractivity contribution in [1.82, 2.24) is 4.90 Å². The number of rotatable bonds is 6. The van der Waals surface area contributed by atoms with Crippen LogP contribution in [0.5, 0.6) is 0 Å². The zero-order valence-electron chi connectivity index (χ0n) is 9.05. The van der Waals surface area contributed by atoms with Crippen LogP contribution in [0.3, 0.4) is 0 Å². The van der Waals surface area contributed by atoms with E-state index in [2.05, 4.69) is 6.92 Å². The molecular weight excluding hydrogens is 164 g/mol. The standard InChI is InChI=1S/C10H22N2O/c1-4-6-10(13)12(3)8-7-9(11)5-2/h9H,4-8,11H2,1-3H3. The van der Waals surface area contributed by atoms with E-state index in [1.54, 1.807) is 4.90 Å². The van der Waals surface area contributed by atoms with E-state index in [1.165, 1.54) is 0 Å². The maximum Gasteiger partial charge on any atom is 0.222 e. The highest BCUT2D eigenvalue weighted by atomic mass is 16.2. The van der Waals surface area contributed by atoms with Gasteiger partial charge in [0.2, 0.25) is 5.91 Å². The number of amides is 1. The molecule has 3 nitrogen and oxygen atoms in total. The first-order valence-electron chi connectivity index (χ1n) is 5.11. The van der Waals surface area contributed by atoms with Gasteiger partial charge >= 0.3 is 0 Å². The summed E-state index contributed by atoms with van der Waals surface area (Å²) in [7, 11) is 1.85. The van der Waals surface area contributed by atoms with E-state index in [-0.39, 0.29) is 11.9 Å². The largest absolute Gasteiger partial charge is 0.346 e. The normalized spacial score (nSPS) is 12.6. The van der Waals surface area contributed by atoms with Crippen LogP contribution in [-0.2, 0) is 4.79 Å². The molecule has 78 valence electrons. The first-order chi connectivity index (χ1) is 6.11. The van der Waals surface area contributed by atoms with Crippen LogP contribution in [0.15, 0.2) is 0 Å². The fourth-order valence-electron chi connectivity index (χ4n) is 1.09. The molecule has 0 radical (unpaired) electrons. The topological polar surface area (TPSA) is 46.3 Å². The lowest BCUT2D eigenvalue weighted by Crippen LogP contribution is -2.31. The number of hydrogen-bond acceptors (Lipinski definition) is 2. The van der Waals surface area contributed by atoms with Gasteiger partial charge < -0.3 is 10.6 Å². The Hall–Kier alpha value is -0.570. The van der Waals surface area contributed by atoms with Crippen molar-refractivity contribution in [1.29, 1.82) is 0 Å². The molecule has 0 aliphatic carbocycles. The summed E-state index contributed by atoms with van der Waals surface area (Å²) < 4.78 is 0. The van der Waals surface area contributed by atoms with Crippen molar-refractivity contribution in [2.24, 2.45) is 5.73 Å². The predicted octanol–water partition coefficient (Wildman–Crippen LogP) is 1.37. The maximum atomic E-state index is 11.3. The van der Waals surface area contributed by atoms with Crippen LogP contribution in [0.1, 0.15) is 39.5 Å². The highest BCUT2D eigenvalue weighted by molar-refractivity contribution is 5.75. The molecular formula is C10H22N2O. The zero-order valence-corrected chi connectivity index (χ0v) is 9.05. The Kier molecular flexibility index (Phi) is 6.59. The molecule has 1 atom stereocenters. The van der Waals surface area contributed by atoms with Crippen LogP contribution in [0.25, 0.3) is 0 Å². The van der Waals surface area contributed by atoms with Crippen molar-refractivity contribution in [2.75, 3.05) is 13.6 Å². The van der Waals surface area contributed by atoms with Crippen molar-refractivity contribution in [2.45, 2.75) is 45.6 Å². The molecule has 0 aromatic rings. The Labute approximate surface area is 81.3 Å². The Morgan fingerprint density at radius 3 is 2.54 bits per heavy atom. The molecule has 0 saturated heterocycles. The third kappa shape index (κ3) is 5.64. The van der Waals surface area contributed by atoms with Gasteiger partial charge in [0, 0.05) is 26.1 Å². The smallest absolute Gasteiger partial charge is 0.222 e. The molecule has 0 aliphatic rings. The van der Waals surface area contributed by atoms with Crippen LogP contribution < -0.4 is 5.73 Å². The highest BCUT2D eigenvalue weighted by Crippen LogP contribution is 1.99. The summed E-state index contributed by atoms with van der Waals surface area (Å²) in [5, 5.41) is 0. The molecule has 1 unspecified atom stereocenters. The molecule has 0 spiro atoms. The summed E-state index contributed by atoms with van der Waals surface area (Å²) in [5.74, 6) is 0.228. The Morgan fingerprint density at radius 1 is 1.46 bits per heavy atom. The molecule has 2 N–H and O–H groups in total. The lowest BCUT2D eigenvalue weighted by molar-refractivity contribution is -0.130. The van der Waals surface area contributed by atoms with Gasteiger partial charge in [0.15, 0.2) is 0 Å². The monoisotopic (exact) mass is 186 g/mol. The predicted molar refractivity (Wildman–Crippen MR) is 55.4 cm³/mol. The zero-order chi connectivity index (χ0) is 10.3. The van der Waals surface area contributed by atoms with Crippen molar-refractivity contribution < 1.29 is 4.79 Å². The van der Waals surface area contributed by atoms with Gasteiger partial charge in [0.1, 0.15) is 0 Å². The molecule has 0 aromatic carbocycles. The molecule has 13 heavy (non-hydrogen) atoms. The van der Waals surface area contributed by atoms with Crippen LogP contribution in [-0.4, -0.2) is 30.4 Å². The van der Waals surface area contributed by atoms with Gasteiger partial charge in [-0.25, -0.2) is 0 Å². The third-order valence-corrected chi connectivity index (χ3v) is 2.25. The fourth-order valence-corrected chi connectivity index (χ4v) is 1.09. The maximum absolute atomic E-state index is 11.3. The van der Waals surface area contributed by atoms with E-state index >= 15 is 0 Å². The number of carbonyl (C=O) groups is 1. The van der Waals surface area contributed by atoms with Gasteiger partial charge in [0.05, 0.1) is 0 Å². The second kappa shape index (κ2) is 6.89. The fraction of sp³-hybridized carbons (Fsp3) is 0.900. The van der Waals surface area contributed by atoms with E-state index in [0.29, 0.717) is 6.42 Å². The molecule has 0 bridgehead atoms. The molecule has 1 amide bonds. The molecule has 0 aromatic heterocycles. The number of nitrogens with zero attached hydrogens (tertiary/aromatic N) is 1. The third-order valence-electron chi connectivity index (χ3n) is 2.25. The lowest BCUT2D eigenvalue weighted by atomic mass is 10.1. The second-order valence-electron chi connectivity index (χ2n) is 3.52. The summed E-state index contributed by atoms with van der Waals surface area (Å²) >= 11 is 0. The summed E-state index contributed by atoms with van der Waals surface area (Å²) in [6.45, 7) is 4.87. The van der Waals surface area contributed by atoms with Gasteiger partial charge in [-0.2, -0.15) is 0 Å². The number of nitrogens with two attached hydrogens (primary N) is 1. The number of hydrogen-bond donors (Lipinski definition) is 1. The Balaban J connectivity index is 3.60. The summed E-state index contributed by atoms with van der Waals surface area (Å²) in [4.78, 5) is 13.1. The van der Waals surface area contributed by atoms with E-state index in [1.807, 2.05) is 14.0 Å². The molecule has 0 rings (SSSR count). The van der Waals surface area contributed by atoms with Gasteiger partial charge in [-0.05, 0) is 19.3 Å². The van der Waals surface area contributed by atoms with Crippen molar-refractivity contribution >= 4 is 5.91 Å². The SMILES string of the molecule is CCCC(=O)N(C)CCC(N)CC. The number of carbonyl (C=O) groups excluding carboxylic acids is 1. The lowest BCUT2D eigenvalue weighted by Gasteiger charge is -2.18. The van der Waals surface area contributed by atoms with E-state index in [4.69, 9.17) is 5.73 Å². The summed E-state index contributed by atoms with van der Waals surface area (Å²) in [6.07, 6.45) is 3.46. The minimum Gasteiger partial charge on any atom is -0.346 e. The Morgan fingerprint density at radius 2 is 2.08 bits per heavy atom. The van der Waals surface area contributed by atoms with Crippen molar-refractivity contribution in [3.05, 3.63) is 0 Å². The van der Waals surface area contributed by atoms with Gasteiger partial charge in [-0.15, -0.1) is 0 Å². The van der Waals surface area contributed by atoms with Crippen LogP contribution >= 0.6 is 0 Å². The second-order valence-corrected chi connectivity index (χ2v) is 3.52. The molecule has 3 heteroatoms. The van der Waals surface area contributed by atoms with E-state index in [0.717, 1.165) is 25.8 Å². The van der Waals surface area contributed by atoms with E-state index < -0.39 is 0 Å². The molecule has 0 saturated carbocycles. The average Bonchev–Trinajstić information content (AvgIpc) is 2.13. The summed E-state index contributed by atoms with van der Waals surface area (Å²) in [6, 6.07) is 0.233. The quantitative estimate of drug-likeness (QED) is 0.681. The van der Waals surface area contributed by atoms with Gasteiger partial charge in [-0.3, -0.25) is 4.79 Å². The average molecular weight is 186 g/mol.